The van der Waals surface area contributed by atoms with E-state index in [-0.39, 0.29) is 24.3 Å². The molecule has 0 atom stereocenters. The van der Waals surface area contributed by atoms with Gasteiger partial charge in [0.05, 0.1) is 30.2 Å². The van der Waals surface area contributed by atoms with Gasteiger partial charge in [0.2, 0.25) is 0 Å². The van der Waals surface area contributed by atoms with Crippen molar-refractivity contribution < 1.29 is 19.1 Å². The Bertz CT molecular complexity index is 1330. The lowest BCUT2D eigenvalue weighted by Crippen LogP contribution is -2.27. The number of halogens is 1. The molecular weight excluding hydrogens is 472 g/mol. The second kappa shape index (κ2) is 10.5. The number of carbonyl (C=O) groups is 2. The van der Waals surface area contributed by atoms with Crippen molar-refractivity contribution in [2.45, 2.75) is 13.2 Å². The summed E-state index contributed by atoms with van der Waals surface area (Å²) in [7, 11) is 1.52. The molecule has 1 fully saturated rings. The van der Waals surface area contributed by atoms with Crippen LogP contribution in [0.5, 0.6) is 11.5 Å². The van der Waals surface area contributed by atoms with Gasteiger partial charge < -0.3 is 9.47 Å². The van der Waals surface area contributed by atoms with E-state index in [4.69, 9.17) is 21.1 Å². The Hall–Kier alpha value is -3.73. The van der Waals surface area contributed by atoms with Gasteiger partial charge in [0.15, 0.2) is 11.5 Å². The number of thioether (sulfide) groups is 1. The predicted octanol–water partition coefficient (Wildman–Crippen LogP) is 6.04. The number of amides is 2. The van der Waals surface area contributed by atoms with Crippen molar-refractivity contribution in [2.75, 3.05) is 7.11 Å². The van der Waals surface area contributed by atoms with Crippen molar-refractivity contribution in [3.05, 3.63) is 98.9 Å². The third-order valence-electron chi connectivity index (χ3n) is 5.17. The Balaban J connectivity index is 1.50. The molecule has 34 heavy (non-hydrogen) atoms. The maximum atomic E-state index is 12.9. The average molecular weight is 491 g/mol. The Kier molecular flexibility index (Phi) is 7.21. The highest BCUT2D eigenvalue weighted by atomic mass is 35.5. The zero-order valence-electron chi connectivity index (χ0n) is 18.2. The Morgan fingerprint density at radius 2 is 1.76 bits per heavy atom. The van der Waals surface area contributed by atoms with Gasteiger partial charge in [-0.05, 0) is 53.2 Å². The van der Waals surface area contributed by atoms with Crippen molar-refractivity contribution in [3.63, 3.8) is 0 Å². The lowest BCUT2D eigenvalue weighted by molar-refractivity contribution is -0.123. The van der Waals surface area contributed by atoms with Gasteiger partial charge in [0.25, 0.3) is 11.1 Å². The summed E-state index contributed by atoms with van der Waals surface area (Å²) in [5.74, 6) is 0.597. The van der Waals surface area contributed by atoms with E-state index in [1.54, 1.807) is 54.6 Å². The summed E-state index contributed by atoms with van der Waals surface area (Å²) in [5, 5.41) is 9.40. The molecule has 3 aromatic carbocycles. The third kappa shape index (κ3) is 5.09. The highest BCUT2D eigenvalue weighted by molar-refractivity contribution is 8.18. The lowest BCUT2D eigenvalue weighted by atomic mass is 10.1. The molecule has 170 valence electrons. The summed E-state index contributed by atoms with van der Waals surface area (Å²) in [5.41, 5.74) is 2.70. The molecule has 0 saturated carbocycles. The molecule has 0 aromatic heterocycles. The van der Waals surface area contributed by atoms with Crippen molar-refractivity contribution in [2.24, 2.45) is 0 Å². The van der Waals surface area contributed by atoms with Crippen LogP contribution in [0.25, 0.3) is 6.08 Å². The second-order valence-corrected chi connectivity index (χ2v) is 8.73. The summed E-state index contributed by atoms with van der Waals surface area (Å²) in [6, 6.07) is 21.7. The number of nitriles is 1. The van der Waals surface area contributed by atoms with Gasteiger partial charge in [0, 0.05) is 10.6 Å². The van der Waals surface area contributed by atoms with Gasteiger partial charge in [-0.2, -0.15) is 5.26 Å². The number of rotatable bonds is 7. The van der Waals surface area contributed by atoms with E-state index in [1.807, 2.05) is 18.2 Å². The van der Waals surface area contributed by atoms with Gasteiger partial charge in [-0.1, -0.05) is 54.1 Å². The fourth-order valence-corrected chi connectivity index (χ4v) is 4.42. The first-order valence-corrected chi connectivity index (χ1v) is 11.5. The lowest BCUT2D eigenvalue weighted by Gasteiger charge is -2.13. The fourth-order valence-electron chi connectivity index (χ4n) is 3.39. The van der Waals surface area contributed by atoms with Gasteiger partial charge in [-0.25, -0.2) is 0 Å². The van der Waals surface area contributed by atoms with Crippen LogP contribution in [0, 0.1) is 11.3 Å². The van der Waals surface area contributed by atoms with E-state index in [9.17, 15) is 14.9 Å². The van der Waals surface area contributed by atoms with Crippen LogP contribution in [-0.4, -0.2) is 23.2 Å². The molecule has 0 aliphatic carbocycles. The van der Waals surface area contributed by atoms with Gasteiger partial charge >= 0.3 is 0 Å². The molecule has 3 aromatic rings. The summed E-state index contributed by atoms with van der Waals surface area (Å²) < 4.78 is 11.3. The minimum Gasteiger partial charge on any atom is -0.493 e. The normalized spacial score (nSPS) is 14.4. The highest BCUT2D eigenvalue weighted by Gasteiger charge is 2.35. The Morgan fingerprint density at radius 1 is 1.03 bits per heavy atom. The van der Waals surface area contributed by atoms with Crippen LogP contribution in [-0.2, 0) is 17.9 Å². The number of methoxy groups -OCH3 is 1. The summed E-state index contributed by atoms with van der Waals surface area (Å²) in [6.07, 6.45) is 1.65. The number of nitrogens with zero attached hydrogens (tertiary/aromatic N) is 2. The zero-order valence-corrected chi connectivity index (χ0v) is 19.7. The first-order valence-electron chi connectivity index (χ1n) is 10.3. The minimum atomic E-state index is -0.373. The molecule has 0 spiro atoms. The minimum absolute atomic E-state index is 0.113. The molecule has 0 radical (unpaired) electrons. The SMILES string of the molecule is COc1cc(/C=C2\SC(=O)N(Cc3ccccc3Cl)C2=O)ccc1OCc1ccccc1C#N. The van der Waals surface area contributed by atoms with E-state index in [0.29, 0.717) is 38.1 Å². The largest absolute Gasteiger partial charge is 0.493 e. The van der Waals surface area contributed by atoms with Crippen molar-refractivity contribution in [3.8, 4) is 17.6 Å². The topological polar surface area (TPSA) is 79.6 Å². The molecule has 0 bridgehead atoms. The van der Waals surface area contributed by atoms with Crippen LogP contribution in [0.15, 0.2) is 71.6 Å². The first kappa shape index (κ1) is 23.4. The molecule has 1 saturated heterocycles. The monoisotopic (exact) mass is 490 g/mol. The van der Waals surface area contributed by atoms with Crippen LogP contribution in [0.2, 0.25) is 5.02 Å². The van der Waals surface area contributed by atoms with Crippen molar-refractivity contribution in [1.82, 2.24) is 4.90 Å². The van der Waals surface area contributed by atoms with Gasteiger partial charge in [0.1, 0.15) is 6.61 Å². The number of benzene rings is 3. The Morgan fingerprint density at radius 3 is 2.50 bits per heavy atom. The van der Waals surface area contributed by atoms with Crippen molar-refractivity contribution >= 4 is 40.6 Å². The van der Waals surface area contributed by atoms with E-state index < -0.39 is 0 Å². The number of carbonyl (C=O) groups excluding carboxylic acids is 2. The molecule has 1 heterocycles. The maximum absolute atomic E-state index is 12.9. The van der Waals surface area contributed by atoms with E-state index in [2.05, 4.69) is 6.07 Å². The predicted molar refractivity (Wildman–Crippen MR) is 131 cm³/mol. The Labute approximate surface area is 206 Å². The number of hydrogen-bond donors (Lipinski definition) is 0. The molecule has 0 unspecified atom stereocenters. The number of imide groups is 1. The third-order valence-corrected chi connectivity index (χ3v) is 6.44. The van der Waals surface area contributed by atoms with E-state index >= 15 is 0 Å². The smallest absolute Gasteiger partial charge is 0.293 e. The molecule has 8 heteroatoms. The molecular formula is C26H19ClN2O4S. The first-order chi connectivity index (χ1) is 16.5. The van der Waals surface area contributed by atoms with Crippen LogP contribution in [0.4, 0.5) is 4.79 Å². The molecule has 2 amide bonds. The average Bonchev–Trinajstić information content (AvgIpc) is 3.11. The molecule has 1 aliphatic rings. The van der Waals surface area contributed by atoms with Crippen LogP contribution in [0.3, 0.4) is 0 Å². The van der Waals surface area contributed by atoms with Crippen LogP contribution < -0.4 is 9.47 Å². The summed E-state index contributed by atoms with van der Waals surface area (Å²) in [6.45, 7) is 0.322. The molecule has 4 rings (SSSR count). The van der Waals surface area contributed by atoms with E-state index in [1.165, 1.54) is 12.0 Å². The molecule has 6 nitrogen and oxygen atoms in total. The number of ether oxygens (including phenoxy) is 2. The van der Waals surface area contributed by atoms with Crippen LogP contribution in [0.1, 0.15) is 22.3 Å². The van der Waals surface area contributed by atoms with Crippen molar-refractivity contribution in [1.29, 1.82) is 5.26 Å². The van der Waals surface area contributed by atoms with E-state index in [0.717, 1.165) is 17.3 Å². The highest BCUT2D eigenvalue weighted by Crippen LogP contribution is 2.36. The summed E-state index contributed by atoms with van der Waals surface area (Å²) >= 11 is 7.07. The second-order valence-electron chi connectivity index (χ2n) is 7.33. The van der Waals surface area contributed by atoms with Crippen LogP contribution >= 0.6 is 23.4 Å². The fraction of sp³-hybridized carbons (Fsp3) is 0.115. The zero-order chi connectivity index (χ0) is 24.1. The number of hydrogen-bond acceptors (Lipinski definition) is 6. The van der Waals surface area contributed by atoms with Gasteiger partial charge in [-0.15, -0.1) is 0 Å². The summed E-state index contributed by atoms with van der Waals surface area (Å²) in [4.78, 5) is 26.8. The molecule has 0 N–H and O–H groups in total. The standard InChI is InChI=1S/C26H19ClN2O4S/c1-32-23-12-17(10-11-22(23)33-16-20-8-3-2-6-18(20)14-28)13-24-25(30)29(26(31)34-24)15-19-7-4-5-9-21(19)27/h2-13H,15-16H2,1H3/b24-13-. The maximum Gasteiger partial charge on any atom is 0.293 e. The van der Waals surface area contributed by atoms with Gasteiger partial charge in [-0.3, -0.25) is 14.5 Å². The quantitative estimate of drug-likeness (QED) is 0.376. The molecule has 1 aliphatic heterocycles.